The van der Waals surface area contributed by atoms with Crippen LogP contribution in [0.15, 0.2) is 54.6 Å². The number of nitrogens with one attached hydrogen (secondary N) is 2. The Bertz CT molecular complexity index is 823. The molecule has 7 nitrogen and oxygen atoms in total. The van der Waals surface area contributed by atoms with Gasteiger partial charge in [0.1, 0.15) is 11.8 Å². The zero-order valence-electron chi connectivity index (χ0n) is 14.3. The standard InChI is InChI=1S/C19H19N3O4/c1-13-6-5-9-15(10-13)26-12-17(23)21-20-16-11-18(24)22(19(16)25)14-7-3-2-4-8-14/h2-10,16,20H,11-12H2,1H3,(H,21,23). The smallest absolute Gasteiger partial charge is 0.272 e. The number of para-hydroxylation sites is 1. The SMILES string of the molecule is Cc1cccc(OCC(=O)NNC2CC(=O)N(c3ccccc3)C2=O)c1. The van der Waals surface area contributed by atoms with Gasteiger partial charge in [-0.25, -0.2) is 10.3 Å². The average Bonchev–Trinajstić information content (AvgIpc) is 2.92. The summed E-state index contributed by atoms with van der Waals surface area (Å²) in [5.41, 5.74) is 6.58. The van der Waals surface area contributed by atoms with E-state index in [0.29, 0.717) is 11.4 Å². The van der Waals surface area contributed by atoms with Crippen molar-refractivity contribution < 1.29 is 19.1 Å². The van der Waals surface area contributed by atoms with E-state index in [4.69, 9.17) is 4.74 Å². The van der Waals surface area contributed by atoms with E-state index in [1.165, 1.54) is 0 Å². The predicted octanol–water partition coefficient (Wildman–Crippen LogP) is 1.33. The molecule has 0 aliphatic carbocycles. The molecule has 0 spiro atoms. The predicted molar refractivity (Wildman–Crippen MR) is 95.3 cm³/mol. The van der Waals surface area contributed by atoms with Gasteiger partial charge in [-0.05, 0) is 36.8 Å². The second kappa shape index (κ2) is 7.79. The van der Waals surface area contributed by atoms with E-state index < -0.39 is 17.9 Å². The summed E-state index contributed by atoms with van der Waals surface area (Å²) < 4.78 is 5.39. The fraction of sp³-hybridized carbons (Fsp3) is 0.211. The van der Waals surface area contributed by atoms with Gasteiger partial charge < -0.3 is 4.74 Å². The van der Waals surface area contributed by atoms with Gasteiger partial charge in [0.15, 0.2) is 6.61 Å². The van der Waals surface area contributed by atoms with Crippen molar-refractivity contribution in [2.24, 2.45) is 0 Å². The van der Waals surface area contributed by atoms with Gasteiger partial charge in [0.05, 0.1) is 12.1 Å². The van der Waals surface area contributed by atoms with Gasteiger partial charge in [-0.1, -0.05) is 30.3 Å². The Morgan fingerprint density at radius 3 is 2.65 bits per heavy atom. The fourth-order valence-corrected chi connectivity index (χ4v) is 2.65. The third kappa shape index (κ3) is 4.07. The number of aryl methyl sites for hydroxylation is 1. The third-order valence-electron chi connectivity index (χ3n) is 3.91. The number of hydrazine groups is 1. The molecule has 0 radical (unpaired) electrons. The van der Waals surface area contributed by atoms with Gasteiger partial charge in [-0.15, -0.1) is 0 Å². The van der Waals surface area contributed by atoms with Crippen molar-refractivity contribution in [2.45, 2.75) is 19.4 Å². The molecule has 1 unspecified atom stereocenters. The number of anilines is 1. The summed E-state index contributed by atoms with van der Waals surface area (Å²) in [5, 5.41) is 0. The number of nitrogens with zero attached hydrogens (tertiary/aromatic N) is 1. The lowest BCUT2D eigenvalue weighted by molar-refractivity contribution is -0.125. The zero-order chi connectivity index (χ0) is 18.5. The highest BCUT2D eigenvalue weighted by molar-refractivity contribution is 6.22. The quantitative estimate of drug-likeness (QED) is 0.604. The summed E-state index contributed by atoms with van der Waals surface area (Å²) in [7, 11) is 0. The highest BCUT2D eigenvalue weighted by atomic mass is 16.5. The topological polar surface area (TPSA) is 87.7 Å². The van der Waals surface area contributed by atoms with Crippen molar-refractivity contribution >= 4 is 23.4 Å². The summed E-state index contributed by atoms with van der Waals surface area (Å²) in [6, 6.07) is 15.2. The van der Waals surface area contributed by atoms with Crippen LogP contribution in [0.3, 0.4) is 0 Å². The highest BCUT2D eigenvalue weighted by Crippen LogP contribution is 2.22. The van der Waals surface area contributed by atoms with Crippen LogP contribution < -0.4 is 20.5 Å². The summed E-state index contributed by atoms with van der Waals surface area (Å²) in [6.07, 6.45) is -0.0211. The van der Waals surface area contributed by atoms with Gasteiger partial charge >= 0.3 is 0 Å². The van der Waals surface area contributed by atoms with Crippen LogP contribution in [0.5, 0.6) is 5.75 Å². The van der Waals surface area contributed by atoms with Crippen LogP contribution in [-0.2, 0) is 14.4 Å². The molecule has 1 heterocycles. The van der Waals surface area contributed by atoms with Crippen LogP contribution in [0.4, 0.5) is 5.69 Å². The Morgan fingerprint density at radius 1 is 1.15 bits per heavy atom. The van der Waals surface area contributed by atoms with Crippen LogP contribution in [0.2, 0.25) is 0 Å². The molecular weight excluding hydrogens is 334 g/mol. The van der Waals surface area contributed by atoms with Crippen LogP contribution >= 0.6 is 0 Å². The average molecular weight is 353 g/mol. The lowest BCUT2D eigenvalue weighted by Gasteiger charge is -2.16. The van der Waals surface area contributed by atoms with Gasteiger partial charge in [-0.2, -0.15) is 0 Å². The number of imide groups is 1. The van der Waals surface area contributed by atoms with Crippen molar-refractivity contribution in [1.29, 1.82) is 0 Å². The normalized spacial score (nSPS) is 16.7. The maximum Gasteiger partial charge on any atom is 0.272 e. The number of ether oxygens (including phenoxy) is 1. The second-order valence-electron chi connectivity index (χ2n) is 5.96. The van der Waals surface area contributed by atoms with Crippen molar-refractivity contribution in [2.75, 3.05) is 11.5 Å². The number of rotatable bonds is 6. The molecule has 1 saturated heterocycles. The van der Waals surface area contributed by atoms with E-state index in [1.54, 1.807) is 36.4 Å². The number of benzene rings is 2. The van der Waals surface area contributed by atoms with Gasteiger partial charge in [-0.3, -0.25) is 19.8 Å². The molecule has 0 saturated carbocycles. The molecule has 1 aliphatic heterocycles. The minimum Gasteiger partial charge on any atom is -0.484 e. The van der Waals surface area contributed by atoms with E-state index >= 15 is 0 Å². The molecule has 2 aromatic carbocycles. The molecular formula is C19H19N3O4. The molecule has 7 heteroatoms. The maximum atomic E-state index is 12.4. The first kappa shape index (κ1) is 17.6. The molecule has 1 aliphatic rings. The Labute approximate surface area is 150 Å². The minimum atomic E-state index is -0.800. The van der Waals surface area contributed by atoms with Crippen molar-refractivity contribution in [1.82, 2.24) is 10.9 Å². The number of amides is 3. The Hall–Kier alpha value is -3.19. The van der Waals surface area contributed by atoms with Crippen molar-refractivity contribution in [3.63, 3.8) is 0 Å². The fourth-order valence-electron chi connectivity index (χ4n) is 2.65. The molecule has 1 atom stereocenters. The molecule has 2 aromatic rings. The Morgan fingerprint density at radius 2 is 1.92 bits per heavy atom. The van der Waals surface area contributed by atoms with E-state index in [-0.39, 0.29) is 18.9 Å². The number of hydrogen-bond donors (Lipinski definition) is 2. The monoisotopic (exact) mass is 353 g/mol. The maximum absolute atomic E-state index is 12.4. The lowest BCUT2D eigenvalue weighted by Crippen LogP contribution is -2.49. The van der Waals surface area contributed by atoms with Gasteiger partial charge in [0, 0.05) is 0 Å². The second-order valence-corrected chi connectivity index (χ2v) is 5.96. The van der Waals surface area contributed by atoms with Crippen molar-refractivity contribution in [3.8, 4) is 5.75 Å². The van der Waals surface area contributed by atoms with Crippen LogP contribution in [0.25, 0.3) is 0 Å². The zero-order valence-corrected chi connectivity index (χ0v) is 14.3. The van der Waals surface area contributed by atoms with Crippen LogP contribution in [-0.4, -0.2) is 30.4 Å². The third-order valence-corrected chi connectivity index (χ3v) is 3.91. The first-order chi connectivity index (χ1) is 12.5. The molecule has 26 heavy (non-hydrogen) atoms. The highest BCUT2D eigenvalue weighted by Gasteiger charge is 2.39. The summed E-state index contributed by atoms with van der Waals surface area (Å²) in [5.74, 6) is -0.572. The molecule has 1 fully saturated rings. The van der Waals surface area contributed by atoms with E-state index in [9.17, 15) is 14.4 Å². The van der Waals surface area contributed by atoms with Gasteiger partial charge in [0.25, 0.3) is 11.8 Å². The van der Waals surface area contributed by atoms with Gasteiger partial charge in [0.2, 0.25) is 5.91 Å². The van der Waals surface area contributed by atoms with E-state index in [2.05, 4.69) is 10.9 Å². The summed E-state index contributed by atoms with van der Waals surface area (Å²) in [4.78, 5) is 37.5. The summed E-state index contributed by atoms with van der Waals surface area (Å²) in [6.45, 7) is 1.73. The molecule has 0 bridgehead atoms. The van der Waals surface area contributed by atoms with Crippen LogP contribution in [0, 0.1) is 6.92 Å². The number of carbonyl (C=O) groups excluding carboxylic acids is 3. The Balaban J connectivity index is 1.51. The first-order valence-corrected chi connectivity index (χ1v) is 8.20. The van der Waals surface area contributed by atoms with E-state index in [1.807, 2.05) is 25.1 Å². The molecule has 0 aromatic heterocycles. The summed E-state index contributed by atoms with van der Waals surface area (Å²) >= 11 is 0. The minimum absolute atomic E-state index is 0.0211. The first-order valence-electron chi connectivity index (χ1n) is 8.20. The lowest BCUT2D eigenvalue weighted by atomic mass is 10.2. The molecule has 3 amide bonds. The molecule has 134 valence electrons. The largest absolute Gasteiger partial charge is 0.484 e. The number of carbonyl (C=O) groups is 3. The Kier molecular flexibility index (Phi) is 5.28. The van der Waals surface area contributed by atoms with Crippen molar-refractivity contribution in [3.05, 3.63) is 60.2 Å². The molecule has 2 N–H and O–H groups in total. The number of hydrogen-bond acceptors (Lipinski definition) is 5. The van der Waals surface area contributed by atoms with E-state index in [0.717, 1.165) is 10.5 Å². The molecule has 3 rings (SSSR count). The van der Waals surface area contributed by atoms with Crippen LogP contribution in [0.1, 0.15) is 12.0 Å².